The van der Waals surface area contributed by atoms with Crippen molar-refractivity contribution in [2.24, 2.45) is 11.7 Å². The monoisotopic (exact) mass is 240 g/mol. The molecule has 1 aromatic rings. The summed E-state index contributed by atoms with van der Waals surface area (Å²) in [4.78, 5) is 15.6. The summed E-state index contributed by atoms with van der Waals surface area (Å²) in [5.74, 6) is 0.323. The molecule has 1 amide bonds. The molecule has 0 radical (unpaired) electrons. The van der Waals surface area contributed by atoms with E-state index in [4.69, 9.17) is 10.3 Å². The number of rotatable bonds is 6. The molecule has 0 saturated carbocycles. The Morgan fingerprint density at radius 2 is 2.18 bits per heavy atom. The molecule has 1 rings (SSSR count). The molecule has 1 aromatic heterocycles. The summed E-state index contributed by atoms with van der Waals surface area (Å²) in [6.07, 6.45) is 2.67. The van der Waals surface area contributed by atoms with E-state index < -0.39 is 0 Å². The normalized spacial score (nSPS) is 14.4. The maximum atomic E-state index is 11.7. The Kier molecular flexibility index (Phi) is 5.09. The third-order valence-corrected chi connectivity index (χ3v) is 2.50. The quantitative estimate of drug-likeness (QED) is 0.785. The average molecular weight is 240 g/mol. The molecule has 0 aromatic carbocycles. The minimum absolute atomic E-state index is 0.0824. The van der Waals surface area contributed by atoms with Gasteiger partial charge in [-0.1, -0.05) is 18.5 Å². The zero-order valence-corrected chi connectivity index (χ0v) is 10.6. The van der Waals surface area contributed by atoms with Gasteiger partial charge in [0, 0.05) is 12.0 Å². The van der Waals surface area contributed by atoms with Crippen LogP contribution in [0, 0.1) is 12.8 Å². The molecule has 0 aliphatic carbocycles. The van der Waals surface area contributed by atoms with Gasteiger partial charge in [-0.25, -0.2) is 0 Å². The fourth-order valence-electron chi connectivity index (χ4n) is 1.45. The standard InChI is InChI=1S/C11H20N4O2/c1-7(5-4-6-8(2)12)10(16)14-11-13-9(3)15-17-11/h7-8H,4-6,12H2,1-3H3,(H,13,14,15,16). The van der Waals surface area contributed by atoms with E-state index in [1.54, 1.807) is 6.92 Å². The largest absolute Gasteiger partial charge is 0.328 e. The molecule has 96 valence electrons. The van der Waals surface area contributed by atoms with Crippen LogP contribution in [-0.4, -0.2) is 22.1 Å². The van der Waals surface area contributed by atoms with Gasteiger partial charge >= 0.3 is 6.01 Å². The number of nitrogens with one attached hydrogen (secondary N) is 1. The highest BCUT2D eigenvalue weighted by Crippen LogP contribution is 2.12. The number of hydrogen-bond donors (Lipinski definition) is 2. The first-order chi connectivity index (χ1) is 7.99. The molecule has 0 bridgehead atoms. The molecule has 0 fully saturated rings. The van der Waals surface area contributed by atoms with Gasteiger partial charge < -0.3 is 10.3 Å². The molecule has 3 N–H and O–H groups in total. The Balaban J connectivity index is 2.32. The van der Waals surface area contributed by atoms with Crippen LogP contribution in [0.3, 0.4) is 0 Å². The second kappa shape index (κ2) is 6.34. The van der Waals surface area contributed by atoms with Crippen molar-refractivity contribution >= 4 is 11.9 Å². The zero-order valence-electron chi connectivity index (χ0n) is 10.6. The molecule has 0 saturated heterocycles. The van der Waals surface area contributed by atoms with Gasteiger partial charge in [0.2, 0.25) is 5.91 Å². The Labute approximate surface area is 101 Å². The van der Waals surface area contributed by atoms with Crippen LogP contribution in [0.25, 0.3) is 0 Å². The molecule has 2 atom stereocenters. The van der Waals surface area contributed by atoms with Crippen molar-refractivity contribution in [3.8, 4) is 0 Å². The number of nitrogens with two attached hydrogens (primary N) is 1. The molecule has 17 heavy (non-hydrogen) atoms. The number of hydrogen-bond acceptors (Lipinski definition) is 5. The fraction of sp³-hybridized carbons (Fsp3) is 0.727. The molecule has 1 heterocycles. The number of carbonyl (C=O) groups is 1. The van der Waals surface area contributed by atoms with Crippen LogP contribution < -0.4 is 11.1 Å². The highest BCUT2D eigenvalue weighted by atomic mass is 16.5. The van der Waals surface area contributed by atoms with Gasteiger partial charge in [-0.3, -0.25) is 10.1 Å². The maximum Gasteiger partial charge on any atom is 0.328 e. The third kappa shape index (κ3) is 4.95. The van der Waals surface area contributed by atoms with Gasteiger partial charge in [-0.05, 0) is 26.7 Å². The average Bonchev–Trinajstić information content (AvgIpc) is 2.63. The van der Waals surface area contributed by atoms with E-state index in [1.165, 1.54) is 0 Å². The first-order valence-corrected chi connectivity index (χ1v) is 5.85. The SMILES string of the molecule is Cc1noc(NC(=O)C(C)CCCC(C)N)n1. The van der Waals surface area contributed by atoms with E-state index in [0.29, 0.717) is 5.82 Å². The summed E-state index contributed by atoms with van der Waals surface area (Å²) in [5.41, 5.74) is 5.65. The van der Waals surface area contributed by atoms with E-state index in [0.717, 1.165) is 19.3 Å². The molecular formula is C11H20N4O2. The molecule has 6 nitrogen and oxygen atoms in total. The number of carbonyl (C=O) groups excluding carboxylic acids is 1. The summed E-state index contributed by atoms with van der Waals surface area (Å²) >= 11 is 0. The van der Waals surface area contributed by atoms with Gasteiger partial charge in [-0.2, -0.15) is 4.98 Å². The van der Waals surface area contributed by atoms with Crippen LogP contribution >= 0.6 is 0 Å². The number of anilines is 1. The number of aryl methyl sites for hydroxylation is 1. The van der Waals surface area contributed by atoms with E-state index >= 15 is 0 Å². The molecule has 0 spiro atoms. The summed E-state index contributed by atoms with van der Waals surface area (Å²) in [7, 11) is 0. The second-order valence-electron chi connectivity index (χ2n) is 4.45. The van der Waals surface area contributed by atoms with Crippen LogP contribution in [0.5, 0.6) is 0 Å². The lowest BCUT2D eigenvalue weighted by molar-refractivity contribution is -0.119. The molecular weight excluding hydrogens is 220 g/mol. The van der Waals surface area contributed by atoms with Crippen LogP contribution in [0.15, 0.2) is 4.52 Å². The Morgan fingerprint density at radius 1 is 1.47 bits per heavy atom. The second-order valence-corrected chi connectivity index (χ2v) is 4.45. The van der Waals surface area contributed by atoms with Gasteiger partial charge in [-0.15, -0.1) is 0 Å². The van der Waals surface area contributed by atoms with Crippen molar-refractivity contribution in [3.63, 3.8) is 0 Å². The Morgan fingerprint density at radius 3 is 2.71 bits per heavy atom. The first kappa shape index (κ1) is 13.6. The Hall–Kier alpha value is -1.43. The maximum absolute atomic E-state index is 11.7. The smallest absolute Gasteiger partial charge is 0.328 e. The zero-order chi connectivity index (χ0) is 12.8. The van der Waals surface area contributed by atoms with E-state index in [9.17, 15) is 4.79 Å². The van der Waals surface area contributed by atoms with E-state index in [-0.39, 0.29) is 23.9 Å². The van der Waals surface area contributed by atoms with Crippen LogP contribution in [0.2, 0.25) is 0 Å². The molecule has 0 aliphatic rings. The Bertz CT molecular complexity index is 362. The van der Waals surface area contributed by atoms with Crippen LogP contribution in [0.1, 0.15) is 38.9 Å². The predicted octanol–water partition coefficient (Wildman–Crippen LogP) is 1.47. The van der Waals surface area contributed by atoms with Gasteiger partial charge in [0.15, 0.2) is 5.82 Å². The highest BCUT2D eigenvalue weighted by molar-refractivity contribution is 5.90. The molecule has 2 unspecified atom stereocenters. The van der Waals surface area contributed by atoms with Crippen molar-refractivity contribution in [2.45, 2.75) is 46.1 Å². The molecule has 0 aliphatic heterocycles. The first-order valence-electron chi connectivity index (χ1n) is 5.85. The van der Waals surface area contributed by atoms with Gasteiger partial charge in [0.05, 0.1) is 0 Å². The lowest BCUT2D eigenvalue weighted by Crippen LogP contribution is -2.21. The lowest BCUT2D eigenvalue weighted by Gasteiger charge is -2.10. The number of aromatic nitrogens is 2. The topological polar surface area (TPSA) is 94.0 Å². The summed E-state index contributed by atoms with van der Waals surface area (Å²) < 4.78 is 4.81. The number of nitrogens with zero attached hydrogens (tertiary/aromatic N) is 2. The fourth-order valence-corrected chi connectivity index (χ4v) is 1.45. The summed E-state index contributed by atoms with van der Waals surface area (Å²) in [6.45, 7) is 5.54. The van der Waals surface area contributed by atoms with E-state index in [1.807, 2.05) is 13.8 Å². The van der Waals surface area contributed by atoms with Gasteiger partial charge in [0.25, 0.3) is 0 Å². The summed E-state index contributed by atoms with van der Waals surface area (Å²) in [6, 6.07) is 0.343. The lowest BCUT2D eigenvalue weighted by atomic mass is 10.0. The van der Waals surface area contributed by atoms with Gasteiger partial charge in [0.1, 0.15) is 0 Å². The number of amides is 1. The van der Waals surface area contributed by atoms with Crippen molar-refractivity contribution in [1.82, 2.24) is 10.1 Å². The minimum atomic E-state index is -0.0988. The predicted molar refractivity (Wildman–Crippen MR) is 64.3 cm³/mol. The third-order valence-electron chi connectivity index (χ3n) is 2.50. The minimum Gasteiger partial charge on any atom is -0.328 e. The van der Waals surface area contributed by atoms with E-state index in [2.05, 4.69) is 15.5 Å². The highest BCUT2D eigenvalue weighted by Gasteiger charge is 2.15. The molecule has 6 heteroatoms. The van der Waals surface area contributed by atoms with Crippen LogP contribution in [0.4, 0.5) is 6.01 Å². The van der Waals surface area contributed by atoms with Crippen molar-refractivity contribution in [2.75, 3.05) is 5.32 Å². The van der Waals surface area contributed by atoms with Crippen molar-refractivity contribution in [3.05, 3.63) is 5.82 Å². The van der Waals surface area contributed by atoms with Crippen LogP contribution in [-0.2, 0) is 4.79 Å². The summed E-state index contributed by atoms with van der Waals surface area (Å²) in [5, 5.41) is 6.19. The van der Waals surface area contributed by atoms with Crippen molar-refractivity contribution in [1.29, 1.82) is 0 Å². The van der Waals surface area contributed by atoms with Crippen molar-refractivity contribution < 1.29 is 9.32 Å².